The summed E-state index contributed by atoms with van der Waals surface area (Å²) in [6, 6.07) is 8.38. The van der Waals surface area contributed by atoms with Crippen molar-refractivity contribution in [2.75, 3.05) is 4.90 Å². The third-order valence-corrected chi connectivity index (χ3v) is 3.27. The smallest absolute Gasteiger partial charge is 0.243 e. The first-order valence-corrected chi connectivity index (χ1v) is 6.31. The zero-order valence-corrected chi connectivity index (χ0v) is 11.4. The Morgan fingerprint density at radius 3 is 2.69 bits per heavy atom. The SMILES string of the molecule is C[C@@H]1Cc2ccccc2N1C(=O)C(C)(C)Br. The number of hydrogen-bond donors (Lipinski definition) is 0. The molecule has 0 aliphatic carbocycles. The summed E-state index contributed by atoms with van der Waals surface area (Å²) in [5, 5.41) is 0. The van der Waals surface area contributed by atoms with Crippen molar-refractivity contribution in [1.82, 2.24) is 0 Å². The number of carbonyl (C=O) groups is 1. The summed E-state index contributed by atoms with van der Waals surface area (Å²) in [5.41, 5.74) is 2.33. The van der Waals surface area contributed by atoms with E-state index in [2.05, 4.69) is 28.9 Å². The molecule has 0 N–H and O–H groups in total. The predicted molar refractivity (Wildman–Crippen MR) is 70.1 cm³/mol. The van der Waals surface area contributed by atoms with E-state index in [1.807, 2.05) is 36.9 Å². The number of alkyl halides is 1. The van der Waals surface area contributed by atoms with Gasteiger partial charge < -0.3 is 4.90 Å². The van der Waals surface area contributed by atoms with E-state index in [1.54, 1.807) is 0 Å². The predicted octanol–water partition coefficient (Wildman–Crippen LogP) is 3.14. The van der Waals surface area contributed by atoms with Gasteiger partial charge in [0.15, 0.2) is 0 Å². The molecular formula is C13H16BrNO. The standard InChI is InChI=1S/C13H16BrNO/c1-9-8-10-6-4-5-7-11(10)15(9)12(16)13(2,3)14/h4-7,9H,8H2,1-3H3/t9-/m1/s1. The van der Waals surface area contributed by atoms with Crippen LogP contribution in [0.2, 0.25) is 0 Å². The van der Waals surface area contributed by atoms with Gasteiger partial charge in [-0.2, -0.15) is 0 Å². The van der Waals surface area contributed by atoms with Gasteiger partial charge in [-0.15, -0.1) is 0 Å². The van der Waals surface area contributed by atoms with Gasteiger partial charge in [-0.05, 0) is 38.8 Å². The van der Waals surface area contributed by atoms with E-state index in [9.17, 15) is 4.79 Å². The molecule has 0 radical (unpaired) electrons. The minimum atomic E-state index is -0.501. The maximum absolute atomic E-state index is 12.3. The number of nitrogens with zero attached hydrogens (tertiary/aromatic N) is 1. The van der Waals surface area contributed by atoms with Crippen molar-refractivity contribution in [3.63, 3.8) is 0 Å². The Hall–Kier alpha value is -0.830. The molecule has 0 fully saturated rings. The number of amides is 1. The summed E-state index contributed by atoms with van der Waals surface area (Å²) < 4.78 is -0.501. The van der Waals surface area contributed by atoms with Crippen molar-refractivity contribution in [2.45, 2.75) is 37.6 Å². The van der Waals surface area contributed by atoms with Gasteiger partial charge in [0.1, 0.15) is 0 Å². The Labute approximate surface area is 105 Å². The first-order chi connectivity index (χ1) is 7.41. The van der Waals surface area contributed by atoms with E-state index in [0.29, 0.717) is 0 Å². The lowest BCUT2D eigenvalue weighted by atomic mass is 10.1. The molecule has 1 aromatic carbocycles. The first kappa shape index (κ1) is 11.6. The molecule has 16 heavy (non-hydrogen) atoms. The molecule has 1 aliphatic heterocycles. The molecule has 0 aromatic heterocycles. The number of halogens is 1. The Morgan fingerprint density at radius 1 is 1.44 bits per heavy atom. The molecule has 1 heterocycles. The molecular weight excluding hydrogens is 266 g/mol. The Morgan fingerprint density at radius 2 is 2.06 bits per heavy atom. The minimum absolute atomic E-state index is 0.130. The van der Waals surface area contributed by atoms with E-state index in [0.717, 1.165) is 12.1 Å². The Kier molecular flexibility index (Phi) is 2.82. The topological polar surface area (TPSA) is 20.3 Å². The van der Waals surface area contributed by atoms with Crippen molar-refractivity contribution in [3.05, 3.63) is 29.8 Å². The van der Waals surface area contributed by atoms with Gasteiger partial charge in [-0.25, -0.2) is 0 Å². The summed E-state index contributed by atoms with van der Waals surface area (Å²) in [5.74, 6) is 0.130. The fraction of sp³-hybridized carbons (Fsp3) is 0.462. The Bertz CT molecular complexity index is 422. The number of fused-ring (bicyclic) bond motifs is 1. The second-order valence-corrected chi connectivity index (χ2v) is 6.81. The molecule has 2 nitrogen and oxygen atoms in total. The van der Waals surface area contributed by atoms with Crippen LogP contribution in [0.25, 0.3) is 0 Å². The average molecular weight is 282 g/mol. The third kappa shape index (κ3) is 1.88. The number of hydrogen-bond acceptors (Lipinski definition) is 1. The number of para-hydroxylation sites is 1. The summed E-state index contributed by atoms with van der Waals surface area (Å²) in [6.45, 7) is 5.88. The van der Waals surface area contributed by atoms with Crippen LogP contribution >= 0.6 is 15.9 Å². The summed E-state index contributed by atoms with van der Waals surface area (Å²) in [7, 11) is 0. The largest absolute Gasteiger partial charge is 0.308 e. The van der Waals surface area contributed by atoms with Crippen molar-refractivity contribution in [3.8, 4) is 0 Å². The van der Waals surface area contributed by atoms with Crippen LogP contribution in [0, 0.1) is 0 Å². The minimum Gasteiger partial charge on any atom is -0.308 e. The summed E-state index contributed by atoms with van der Waals surface area (Å²) in [4.78, 5) is 14.2. The third-order valence-electron chi connectivity index (χ3n) is 2.93. The maximum atomic E-state index is 12.3. The van der Waals surface area contributed by atoms with Crippen LogP contribution in [0.1, 0.15) is 26.3 Å². The van der Waals surface area contributed by atoms with E-state index in [4.69, 9.17) is 0 Å². The van der Waals surface area contributed by atoms with E-state index < -0.39 is 4.32 Å². The number of rotatable bonds is 1. The lowest BCUT2D eigenvalue weighted by Gasteiger charge is -2.28. The van der Waals surface area contributed by atoms with Crippen LogP contribution in [0.3, 0.4) is 0 Å². The van der Waals surface area contributed by atoms with Gasteiger partial charge in [-0.3, -0.25) is 4.79 Å². The van der Waals surface area contributed by atoms with Gasteiger partial charge in [-0.1, -0.05) is 34.1 Å². The lowest BCUT2D eigenvalue weighted by molar-refractivity contribution is -0.120. The van der Waals surface area contributed by atoms with Gasteiger partial charge in [0.05, 0.1) is 4.32 Å². The highest BCUT2D eigenvalue weighted by Crippen LogP contribution is 2.35. The summed E-state index contributed by atoms with van der Waals surface area (Å²) >= 11 is 3.44. The molecule has 86 valence electrons. The molecule has 0 bridgehead atoms. The van der Waals surface area contributed by atoms with Crippen LogP contribution in [0.5, 0.6) is 0 Å². The first-order valence-electron chi connectivity index (χ1n) is 5.52. The van der Waals surface area contributed by atoms with E-state index >= 15 is 0 Å². The molecule has 3 heteroatoms. The van der Waals surface area contributed by atoms with Crippen LogP contribution in [0.4, 0.5) is 5.69 Å². The molecule has 2 rings (SSSR count). The second-order valence-electron chi connectivity index (χ2n) is 4.83. The molecule has 0 saturated heterocycles. The maximum Gasteiger partial charge on any atom is 0.243 e. The summed E-state index contributed by atoms with van der Waals surface area (Å²) in [6.07, 6.45) is 0.949. The molecule has 1 aliphatic rings. The van der Waals surface area contributed by atoms with Crippen molar-refractivity contribution in [2.24, 2.45) is 0 Å². The normalized spacial score (nSPS) is 19.8. The van der Waals surface area contributed by atoms with E-state index in [1.165, 1.54) is 5.56 Å². The van der Waals surface area contributed by atoms with Gasteiger partial charge >= 0.3 is 0 Å². The van der Waals surface area contributed by atoms with Crippen LogP contribution < -0.4 is 4.90 Å². The fourth-order valence-corrected chi connectivity index (χ4v) is 2.35. The highest BCUT2D eigenvalue weighted by atomic mass is 79.9. The molecule has 1 aromatic rings. The molecule has 1 amide bonds. The molecule has 1 atom stereocenters. The van der Waals surface area contributed by atoms with Crippen LogP contribution in [-0.2, 0) is 11.2 Å². The zero-order valence-electron chi connectivity index (χ0n) is 9.83. The average Bonchev–Trinajstić information content (AvgIpc) is 2.51. The van der Waals surface area contributed by atoms with Gasteiger partial charge in [0.25, 0.3) is 0 Å². The highest BCUT2D eigenvalue weighted by Gasteiger charge is 2.37. The van der Waals surface area contributed by atoms with E-state index in [-0.39, 0.29) is 11.9 Å². The lowest BCUT2D eigenvalue weighted by Crippen LogP contribution is -2.44. The van der Waals surface area contributed by atoms with Crippen molar-refractivity contribution >= 4 is 27.5 Å². The van der Waals surface area contributed by atoms with Crippen LogP contribution in [0.15, 0.2) is 24.3 Å². The molecule has 0 saturated carbocycles. The monoisotopic (exact) mass is 281 g/mol. The number of carbonyl (C=O) groups excluding carboxylic acids is 1. The second kappa shape index (κ2) is 3.88. The fourth-order valence-electron chi connectivity index (χ4n) is 2.16. The number of anilines is 1. The van der Waals surface area contributed by atoms with Crippen molar-refractivity contribution < 1.29 is 4.79 Å². The highest BCUT2D eigenvalue weighted by molar-refractivity contribution is 9.10. The van der Waals surface area contributed by atoms with Gasteiger partial charge in [0, 0.05) is 11.7 Å². The zero-order chi connectivity index (χ0) is 11.9. The molecule has 0 spiro atoms. The quantitative estimate of drug-likeness (QED) is 0.725. The molecule has 0 unspecified atom stereocenters. The number of benzene rings is 1. The van der Waals surface area contributed by atoms with Crippen molar-refractivity contribution in [1.29, 1.82) is 0 Å². The Balaban J connectivity index is 2.40. The van der Waals surface area contributed by atoms with Gasteiger partial charge in [0.2, 0.25) is 5.91 Å². The van der Waals surface area contributed by atoms with Crippen LogP contribution in [-0.4, -0.2) is 16.3 Å².